The van der Waals surface area contributed by atoms with Crippen molar-refractivity contribution in [2.45, 2.75) is 32.4 Å². The third-order valence-corrected chi connectivity index (χ3v) is 1.58. The number of carbonyl (C=O) groups is 1. The first-order chi connectivity index (χ1) is 4.83. The summed E-state index contributed by atoms with van der Waals surface area (Å²) in [5.74, 6) is -0.112. The number of esters is 1. The minimum Gasteiger partial charge on any atom is -0.447 e. The van der Waals surface area contributed by atoms with E-state index in [0.29, 0.717) is 6.42 Å². The van der Waals surface area contributed by atoms with Crippen LogP contribution in [-0.2, 0) is 9.53 Å². The van der Waals surface area contributed by atoms with Gasteiger partial charge in [0, 0.05) is 6.42 Å². The van der Waals surface area contributed by atoms with Crippen molar-refractivity contribution in [2.75, 3.05) is 6.54 Å². The van der Waals surface area contributed by atoms with Crippen LogP contribution in [0.1, 0.15) is 26.2 Å². The van der Waals surface area contributed by atoms with Crippen LogP contribution in [0, 0.1) is 0 Å². The highest BCUT2D eigenvalue weighted by atomic mass is 35.5. The Kier molecular flexibility index (Phi) is 5.24. The van der Waals surface area contributed by atoms with Gasteiger partial charge in [0.1, 0.15) is 0 Å². The van der Waals surface area contributed by atoms with Gasteiger partial charge in [-0.1, -0.05) is 6.92 Å². The molecule has 0 spiro atoms. The van der Waals surface area contributed by atoms with Gasteiger partial charge in [0.15, 0.2) is 6.23 Å². The third kappa shape index (κ3) is 3.58. The van der Waals surface area contributed by atoms with E-state index in [1.807, 2.05) is 0 Å². The van der Waals surface area contributed by atoms with Crippen molar-refractivity contribution >= 4 is 18.4 Å². The molecule has 0 bridgehead atoms. The maximum absolute atomic E-state index is 10.7. The molecule has 0 aromatic carbocycles. The summed E-state index contributed by atoms with van der Waals surface area (Å²) in [5.41, 5.74) is 0. The maximum atomic E-state index is 10.7. The number of hydrogen-bond acceptors (Lipinski definition) is 3. The van der Waals surface area contributed by atoms with Crippen molar-refractivity contribution in [2.24, 2.45) is 0 Å². The van der Waals surface area contributed by atoms with Crippen molar-refractivity contribution in [3.8, 4) is 0 Å². The lowest BCUT2D eigenvalue weighted by molar-refractivity contribution is -0.149. The van der Waals surface area contributed by atoms with Gasteiger partial charge in [0.25, 0.3) is 0 Å². The van der Waals surface area contributed by atoms with Crippen LogP contribution >= 0.6 is 12.4 Å². The van der Waals surface area contributed by atoms with Crippen LogP contribution in [-0.4, -0.2) is 18.7 Å². The highest BCUT2D eigenvalue weighted by molar-refractivity contribution is 5.85. The van der Waals surface area contributed by atoms with E-state index in [0.717, 1.165) is 19.4 Å². The van der Waals surface area contributed by atoms with E-state index in [-0.39, 0.29) is 24.6 Å². The van der Waals surface area contributed by atoms with Crippen molar-refractivity contribution in [3.05, 3.63) is 0 Å². The summed E-state index contributed by atoms with van der Waals surface area (Å²) < 4.78 is 5.01. The van der Waals surface area contributed by atoms with Crippen LogP contribution < -0.4 is 5.32 Å². The lowest BCUT2D eigenvalue weighted by atomic mass is 10.4. The molecular weight excluding hydrogens is 166 g/mol. The average molecular weight is 180 g/mol. The summed E-state index contributed by atoms with van der Waals surface area (Å²) in [4.78, 5) is 10.7. The molecule has 1 N–H and O–H groups in total. The summed E-state index contributed by atoms with van der Waals surface area (Å²) in [6.07, 6.45) is 2.54. The highest BCUT2D eigenvalue weighted by Crippen LogP contribution is 2.06. The van der Waals surface area contributed by atoms with E-state index in [4.69, 9.17) is 4.74 Å². The summed E-state index contributed by atoms with van der Waals surface area (Å²) in [5, 5.41) is 3.08. The zero-order chi connectivity index (χ0) is 7.40. The Balaban J connectivity index is 0.000001000. The Labute approximate surface area is 72.9 Å². The Morgan fingerprint density at radius 3 is 2.91 bits per heavy atom. The molecule has 0 amide bonds. The van der Waals surface area contributed by atoms with Crippen molar-refractivity contribution in [1.29, 1.82) is 0 Å². The van der Waals surface area contributed by atoms with Gasteiger partial charge in [0.05, 0.1) is 0 Å². The van der Waals surface area contributed by atoms with E-state index in [1.54, 1.807) is 6.92 Å². The molecule has 1 rings (SSSR count). The number of carbonyl (C=O) groups excluding carboxylic acids is 1. The zero-order valence-corrected chi connectivity index (χ0v) is 7.45. The minimum atomic E-state index is -0.112. The predicted octanol–water partition coefficient (Wildman–Crippen LogP) is 1.07. The fourth-order valence-corrected chi connectivity index (χ4v) is 0.995. The van der Waals surface area contributed by atoms with Crippen LogP contribution in [0.15, 0.2) is 0 Å². The molecule has 0 saturated carbocycles. The van der Waals surface area contributed by atoms with Crippen LogP contribution in [0.3, 0.4) is 0 Å². The SMILES string of the molecule is CCC(=O)OC1CCCN1.Cl. The zero-order valence-electron chi connectivity index (χ0n) is 6.63. The van der Waals surface area contributed by atoms with E-state index in [1.165, 1.54) is 0 Å². The topological polar surface area (TPSA) is 38.3 Å². The fourth-order valence-electron chi connectivity index (χ4n) is 0.995. The Bertz CT molecular complexity index is 124. The van der Waals surface area contributed by atoms with Crippen molar-refractivity contribution < 1.29 is 9.53 Å². The van der Waals surface area contributed by atoms with Crippen LogP contribution in [0.2, 0.25) is 0 Å². The molecule has 1 unspecified atom stereocenters. The van der Waals surface area contributed by atoms with E-state index >= 15 is 0 Å². The summed E-state index contributed by atoms with van der Waals surface area (Å²) >= 11 is 0. The first kappa shape index (κ1) is 10.7. The second kappa shape index (κ2) is 5.38. The van der Waals surface area contributed by atoms with Gasteiger partial charge in [-0.25, -0.2) is 0 Å². The van der Waals surface area contributed by atoms with Gasteiger partial charge >= 0.3 is 5.97 Å². The molecule has 66 valence electrons. The Hall–Kier alpha value is -0.280. The van der Waals surface area contributed by atoms with E-state index < -0.39 is 0 Å². The molecular formula is C7H14ClNO2. The molecule has 0 aliphatic carbocycles. The molecule has 1 heterocycles. The van der Waals surface area contributed by atoms with E-state index in [9.17, 15) is 4.79 Å². The average Bonchev–Trinajstić information content (AvgIpc) is 2.40. The molecule has 1 saturated heterocycles. The lowest BCUT2D eigenvalue weighted by Gasteiger charge is -2.09. The summed E-state index contributed by atoms with van der Waals surface area (Å²) in [7, 11) is 0. The van der Waals surface area contributed by atoms with Gasteiger partial charge in [-0.2, -0.15) is 0 Å². The Morgan fingerprint density at radius 1 is 1.73 bits per heavy atom. The molecule has 11 heavy (non-hydrogen) atoms. The normalized spacial score (nSPS) is 22.5. The lowest BCUT2D eigenvalue weighted by Crippen LogP contribution is -2.27. The van der Waals surface area contributed by atoms with E-state index in [2.05, 4.69) is 5.32 Å². The van der Waals surface area contributed by atoms with Crippen LogP contribution in [0.25, 0.3) is 0 Å². The van der Waals surface area contributed by atoms with Gasteiger partial charge in [-0.05, 0) is 19.4 Å². The largest absolute Gasteiger partial charge is 0.447 e. The predicted molar refractivity (Wildman–Crippen MR) is 44.7 cm³/mol. The summed E-state index contributed by atoms with van der Waals surface area (Å²) in [6.45, 7) is 2.78. The second-order valence-corrected chi connectivity index (χ2v) is 2.43. The molecule has 1 fully saturated rings. The van der Waals surface area contributed by atoms with Gasteiger partial charge in [-0.3, -0.25) is 10.1 Å². The minimum absolute atomic E-state index is 0. The molecule has 4 heteroatoms. The van der Waals surface area contributed by atoms with Gasteiger partial charge in [-0.15, -0.1) is 12.4 Å². The van der Waals surface area contributed by atoms with Crippen molar-refractivity contribution in [1.82, 2.24) is 5.32 Å². The molecule has 0 aromatic rings. The fraction of sp³-hybridized carbons (Fsp3) is 0.857. The molecule has 0 radical (unpaired) electrons. The smallest absolute Gasteiger partial charge is 0.307 e. The van der Waals surface area contributed by atoms with Gasteiger partial charge in [0.2, 0.25) is 0 Å². The molecule has 1 aliphatic rings. The van der Waals surface area contributed by atoms with Crippen LogP contribution in [0.4, 0.5) is 0 Å². The van der Waals surface area contributed by atoms with Crippen LogP contribution in [0.5, 0.6) is 0 Å². The number of ether oxygens (including phenoxy) is 1. The quantitative estimate of drug-likeness (QED) is 0.645. The molecule has 1 atom stereocenters. The number of nitrogens with one attached hydrogen (secondary N) is 1. The molecule has 0 aromatic heterocycles. The third-order valence-electron chi connectivity index (χ3n) is 1.58. The number of halogens is 1. The Morgan fingerprint density at radius 2 is 2.45 bits per heavy atom. The monoisotopic (exact) mass is 179 g/mol. The van der Waals surface area contributed by atoms with Crippen molar-refractivity contribution in [3.63, 3.8) is 0 Å². The molecule has 3 nitrogen and oxygen atoms in total. The van der Waals surface area contributed by atoms with Gasteiger partial charge < -0.3 is 4.74 Å². The molecule has 1 aliphatic heterocycles. The maximum Gasteiger partial charge on any atom is 0.307 e. The summed E-state index contributed by atoms with van der Waals surface area (Å²) in [6, 6.07) is 0. The number of hydrogen-bond donors (Lipinski definition) is 1. The highest BCUT2D eigenvalue weighted by Gasteiger charge is 2.16. The first-order valence-corrected chi connectivity index (χ1v) is 3.76. The number of rotatable bonds is 2. The standard InChI is InChI=1S/C7H13NO2.ClH/c1-2-7(9)10-6-4-3-5-8-6;/h6,8H,2-5H2,1H3;1H. The second-order valence-electron chi connectivity index (χ2n) is 2.43. The first-order valence-electron chi connectivity index (χ1n) is 3.76.